The van der Waals surface area contributed by atoms with Crippen LogP contribution in [0.1, 0.15) is 34.5 Å². The SMILES string of the molecule is CSc1c(C#N)c(=O)n2ccccc2c1C(=O)OC(C)c1ccc(Br)cc1. The summed E-state index contributed by atoms with van der Waals surface area (Å²) in [5.41, 5.74) is 0.974. The molecule has 1 atom stereocenters. The van der Waals surface area contributed by atoms with Crippen molar-refractivity contribution in [2.24, 2.45) is 0 Å². The van der Waals surface area contributed by atoms with Crippen LogP contribution in [0.25, 0.3) is 5.52 Å². The normalized spacial score (nSPS) is 11.8. The van der Waals surface area contributed by atoms with Gasteiger partial charge in [-0.15, -0.1) is 11.8 Å². The molecule has 0 aliphatic carbocycles. The van der Waals surface area contributed by atoms with Gasteiger partial charge in [-0.1, -0.05) is 34.1 Å². The predicted molar refractivity (Wildman–Crippen MR) is 108 cm³/mol. The van der Waals surface area contributed by atoms with E-state index in [4.69, 9.17) is 4.74 Å². The Bertz CT molecular complexity index is 1120. The fraction of sp³-hybridized carbons (Fsp3) is 0.150. The zero-order valence-electron chi connectivity index (χ0n) is 14.6. The van der Waals surface area contributed by atoms with E-state index in [1.807, 2.05) is 30.3 Å². The summed E-state index contributed by atoms with van der Waals surface area (Å²) in [6.45, 7) is 1.78. The molecule has 5 nitrogen and oxygen atoms in total. The predicted octanol–water partition coefficient (Wildman–Crippen LogP) is 4.57. The van der Waals surface area contributed by atoms with Crippen LogP contribution in [0, 0.1) is 11.3 Å². The molecular weight excluding hydrogens is 428 g/mol. The van der Waals surface area contributed by atoms with E-state index in [9.17, 15) is 14.9 Å². The minimum atomic E-state index is -0.574. The van der Waals surface area contributed by atoms with E-state index in [2.05, 4.69) is 15.9 Å². The minimum absolute atomic E-state index is 0.0607. The molecule has 0 N–H and O–H groups in total. The summed E-state index contributed by atoms with van der Waals surface area (Å²) in [5.74, 6) is -0.574. The monoisotopic (exact) mass is 442 g/mol. The number of fused-ring (bicyclic) bond motifs is 1. The van der Waals surface area contributed by atoms with Crippen molar-refractivity contribution in [3.8, 4) is 6.07 Å². The van der Waals surface area contributed by atoms with Crippen molar-refractivity contribution in [1.29, 1.82) is 5.26 Å². The molecule has 2 aromatic heterocycles. The first-order chi connectivity index (χ1) is 13.0. The van der Waals surface area contributed by atoms with Gasteiger partial charge in [0.05, 0.1) is 11.1 Å². The molecule has 0 radical (unpaired) electrons. The lowest BCUT2D eigenvalue weighted by molar-refractivity contribution is 0.0335. The van der Waals surface area contributed by atoms with Gasteiger partial charge in [0.1, 0.15) is 17.7 Å². The van der Waals surface area contributed by atoms with Gasteiger partial charge in [0.25, 0.3) is 5.56 Å². The Kier molecular flexibility index (Phi) is 5.68. The maximum atomic E-state index is 13.0. The smallest absolute Gasteiger partial charge is 0.342 e. The van der Waals surface area contributed by atoms with E-state index >= 15 is 0 Å². The van der Waals surface area contributed by atoms with Crippen molar-refractivity contribution in [2.45, 2.75) is 17.9 Å². The molecule has 2 heterocycles. The highest BCUT2D eigenvalue weighted by atomic mass is 79.9. The van der Waals surface area contributed by atoms with Crippen LogP contribution < -0.4 is 5.56 Å². The highest BCUT2D eigenvalue weighted by Gasteiger charge is 2.25. The highest BCUT2D eigenvalue weighted by molar-refractivity contribution is 9.10. The number of esters is 1. The van der Waals surface area contributed by atoms with E-state index < -0.39 is 17.6 Å². The molecule has 0 saturated heterocycles. The molecule has 0 fully saturated rings. The Hall–Kier alpha value is -2.56. The number of thioether (sulfide) groups is 1. The molecule has 0 aliphatic heterocycles. The number of hydrogen-bond donors (Lipinski definition) is 0. The summed E-state index contributed by atoms with van der Waals surface area (Å²) in [6.07, 6.45) is 2.78. The van der Waals surface area contributed by atoms with Crippen LogP contribution in [0.15, 0.2) is 62.8 Å². The second-order valence-corrected chi connectivity index (χ2v) is 7.49. The maximum Gasteiger partial charge on any atom is 0.342 e. The molecule has 3 rings (SSSR count). The Balaban J connectivity index is 2.11. The lowest BCUT2D eigenvalue weighted by atomic mass is 10.1. The van der Waals surface area contributed by atoms with Crippen LogP contribution >= 0.6 is 27.7 Å². The molecule has 1 aromatic carbocycles. The summed E-state index contributed by atoms with van der Waals surface area (Å²) in [7, 11) is 0. The topological polar surface area (TPSA) is 71.6 Å². The van der Waals surface area contributed by atoms with Gasteiger partial charge in [-0.2, -0.15) is 5.26 Å². The average Bonchev–Trinajstić information content (AvgIpc) is 2.68. The summed E-state index contributed by atoms with van der Waals surface area (Å²) in [6, 6.07) is 14.5. The number of rotatable bonds is 4. The molecule has 136 valence electrons. The second kappa shape index (κ2) is 7.99. The van der Waals surface area contributed by atoms with Gasteiger partial charge in [-0.3, -0.25) is 9.20 Å². The van der Waals surface area contributed by atoms with Crippen LogP contribution in [0.5, 0.6) is 0 Å². The molecular formula is C20H15BrN2O3S. The van der Waals surface area contributed by atoms with Gasteiger partial charge in [0.15, 0.2) is 0 Å². The van der Waals surface area contributed by atoms with Crippen molar-refractivity contribution in [3.05, 3.63) is 80.2 Å². The van der Waals surface area contributed by atoms with Gasteiger partial charge in [0.2, 0.25) is 0 Å². The Morgan fingerprint density at radius 3 is 2.59 bits per heavy atom. The van der Waals surface area contributed by atoms with Crippen molar-refractivity contribution < 1.29 is 9.53 Å². The van der Waals surface area contributed by atoms with Crippen LogP contribution in [-0.2, 0) is 4.74 Å². The largest absolute Gasteiger partial charge is 0.454 e. The summed E-state index contributed by atoms with van der Waals surface area (Å²) in [5, 5.41) is 9.45. The first-order valence-electron chi connectivity index (χ1n) is 8.05. The number of halogens is 1. The van der Waals surface area contributed by atoms with E-state index in [0.29, 0.717) is 10.4 Å². The standard InChI is InChI=1S/C20H15BrN2O3S/c1-12(13-6-8-14(21)9-7-13)26-20(25)17-16-5-3-4-10-23(16)19(24)15(11-22)18(17)27-2/h3-10,12H,1-2H3. The Morgan fingerprint density at radius 1 is 1.26 bits per heavy atom. The first-order valence-corrected chi connectivity index (χ1v) is 10.1. The van der Waals surface area contributed by atoms with Crippen LogP contribution in [-0.4, -0.2) is 16.6 Å². The molecule has 3 aromatic rings. The van der Waals surface area contributed by atoms with Crippen LogP contribution in [0.3, 0.4) is 0 Å². The zero-order chi connectivity index (χ0) is 19.6. The van der Waals surface area contributed by atoms with Crippen LogP contribution in [0.2, 0.25) is 0 Å². The quantitative estimate of drug-likeness (QED) is 0.436. The highest BCUT2D eigenvalue weighted by Crippen LogP contribution is 2.29. The number of pyridine rings is 2. The van der Waals surface area contributed by atoms with Crippen molar-refractivity contribution in [3.63, 3.8) is 0 Å². The minimum Gasteiger partial charge on any atom is -0.454 e. The Morgan fingerprint density at radius 2 is 1.96 bits per heavy atom. The number of nitrogens with zero attached hydrogens (tertiary/aromatic N) is 2. The van der Waals surface area contributed by atoms with Crippen molar-refractivity contribution >= 4 is 39.2 Å². The molecule has 27 heavy (non-hydrogen) atoms. The summed E-state index contributed by atoms with van der Waals surface area (Å²) in [4.78, 5) is 25.9. The first kappa shape index (κ1) is 19.2. The van der Waals surface area contributed by atoms with Gasteiger partial charge in [0, 0.05) is 15.6 Å². The molecule has 7 heteroatoms. The number of aromatic nitrogens is 1. The third-order valence-electron chi connectivity index (χ3n) is 4.15. The fourth-order valence-electron chi connectivity index (χ4n) is 2.80. The number of benzene rings is 1. The molecule has 1 unspecified atom stereocenters. The van der Waals surface area contributed by atoms with Gasteiger partial charge >= 0.3 is 5.97 Å². The van der Waals surface area contributed by atoms with E-state index in [-0.39, 0.29) is 11.1 Å². The lowest BCUT2D eigenvalue weighted by Crippen LogP contribution is -2.22. The fourth-order valence-corrected chi connectivity index (χ4v) is 3.80. The number of carbonyl (C=O) groups excluding carboxylic acids is 1. The van der Waals surface area contributed by atoms with E-state index in [0.717, 1.165) is 10.0 Å². The third-order valence-corrected chi connectivity index (χ3v) is 5.49. The van der Waals surface area contributed by atoms with E-state index in [1.165, 1.54) is 22.4 Å². The number of nitriles is 1. The van der Waals surface area contributed by atoms with Crippen LogP contribution in [0.4, 0.5) is 0 Å². The van der Waals surface area contributed by atoms with Gasteiger partial charge in [-0.25, -0.2) is 4.79 Å². The summed E-state index contributed by atoms with van der Waals surface area (Å²) < 4.78 is 7.90. The van der Waals surface area contributed by atoms with Gasteiger partial charge < -0.3 is 4.74 Å². The maximum absolute atomic E-state index is 13.0. The second-order valence-electron chi connectivity index (χ2n) is 5.76. The summed E-state index contributed by atoms with van der Waals surface area (Å²) >= 11 is 4.56. The lowest BCUT2D eigenvalue weighted by Gasteiger charge is -2.17. The number of hydrogen-bond acceptors (Lipinski definition) is 5. The molecule has 0 amide bonds. The van der Waals surface area contributed by atoms with Crippen molar-refractivity contribution in [2.75, 3.05) is 6.26 Å². The van der Waals surface area contributed by atoms with E-state index in [1.54, 1.807) is 31.4 Å². The third kappa shape index (κ3) is 3.64. The average molecular weight is 443 g/mol. The van der Waals surface area contributed by atoms with Gasteiger partial charge in [-0.05, 0) is 43.0 Å². The number of ether oxygens (including phenoxy) is 1. The molecule has 0 saturated carbocycles. The zero-order valence-corrected chi connectivity index (χ0v) is 17.0. The molecule has 0 bridgehead atoms. The molecule has 0 aliphatic rings. The Labute approximate surface area is 168 Å². The molecule has 0 spiro atoms. The van der Waals surface area contributed by atoms with Crippen molar-refractivity contribution in [1.82, 2.24) is 4.40 Å². The number of carbonyl (C=O) groups is 1.